The molecule has 0 aliphatic heterocycles. The van der Waals surface area contributed by atoms with Crippen molar-refractivity contribution in [3.8, 4) is 11.5 Å². The van der Waals surface area contributed by atoms with Gasteiger partial charge in [0, 0.05) is 25.1 Å². The number of amides is 2. The lowest BCUT2D eigenvalue weighted by Gasteiger charge is -2.26. The lowest BCUT2D eigenvalue weighted by atomic mass is 10.0. The van der Waals surface area contributed by atoms with E-state index in [2.05, 4.69) is 22.9 Å². The Bertz CT molecular complexity index is 886. The van der Waals surface area contributed by atoms with Crippen molar-refractivity contribution in [2.75, 3.05) is 13.7 Å². The summed E-state index contributed by atoms with van der Waals surface area (Å²) in [5, 5.41) is 19.3. The number of carbonyl (C=O) groups excluding carboxylic acids is 2. The summed E-state index contributed by atoms with van der Waals surface area (Å²) in [6.07, 6.45) is 2.27. The van der Waals surface area contributed by atoms with Gasteiger partial charge in [-0.2, -0.15) is 0 Å². The van der Waals surface area contributed by atoms with Crippen molar-refractivity contribution in [1.82, 2.24) is 16.0 Å². The van der Waals surface area contributed by atoms with Crippen molar-refractivity contribution in [1.29, 1.82) is 0 Å². The average molecular weight is 456 g/mol. The number of methoxy groups -OCH3 is 1. The molecule has 2 atom stereocenters. The number of rotatable bonds is 13. The van der Waals surface area contributed by atoms with Crippen molar-refractivity contribution in [2.24, 2.45) is 5.92 Å². The third kappa shape index (κ3) is 8.42. The second kappa shape index (κ2) is 13.5. The van der Waals surface area contributed by atoms with Crippen molar-refractivity contribution in [3.63, 3.8) is 0 Å². The number of ether oxygens (including phenoxy) is 1. The Labute approximate surface area is 196 Å². The minimum absolute atomic E-state index is 0.0294. The molecule has 0 aliphatic rings. The number of hydrogen-bond acceptors (Lipinski definition) is 5. The molecule has 0 heterocycles. The van der Waals surface area contributed by atoms with E-state index >= 15 is 0 Å². The van der Waals surface area contributed by atoms with Crippen LogP contribution in [-0.4, -0.2) is 42.7 Å². The number of carbonyl (C=O) groups is 2. The highest BCUT2D eigenvalue weighted by molar-refractivity contribution is 5.90. The fraction of sp³-hybridized carbons (Fsp3) is 0.462. The van der Waals surface area contributed by atoms with Crippen LogP contribution in [0.1, 0.15) is 44.7 Å². The van der Waals surface area contributed by atoms with Crippen LogP contribution < -0.4 is 20.7 Å². The molecule has 0 spiro atoms. The summed E-state index contributed by atoms with van der Waals surface area (Å²) < 4.78 is 5.22. The number of nitrogens with one attached hydrogen (secondary N) is 3. The molecule has 33 heavy (non-hydrogen) atoms. The van der Waals surface area contributed by atoms with E-state index in [-0.39, 0.29) is 30.0 Å². The van der Waals surface area contributed by atoms with E-state index in [0.29, 0.717) is 24.3 Å². The van der Waals surface area contributed by atoms with Gasteiger partial charge in [-0.1, -0.05) is 57.5 Å². The van der Waals surface area contributed by atoms with Crippen LogP contribution in [0.25, 0.3) is 0 Å². The highest BCUT2D eigenvalue weighted by Gasteiger charge is 2.27. The van der Waals surface area contributed by atoms with Crippen LogP contribution in [0.3, 0.4) is 0 Å². The molecular formula is C26H37N3O4. The van der Waals surface area contributed by atoms with Crippen LogP contribution in [0.4, 0.5) is 0 Å². The number of benzene rings is 2. The van der Waals surface area contributed by atoms with Crippen LogP contribution in [-0.2, 0) is 22.6 Å². The van der Waals surface area contributed by atoms with Gasteiger partial charge in [0.05, 0.1) is 13.2 Å². The number of aromatic hydroxyl groups is 1. The fourth-order valence-corrected chi connectivity index (χ4v) is 3.51. The maximum atomic E-state index is 13.2. The fourth-order valence-electron chi connectivity index (χ4n) is 3.51. The Hall–Kier alpha value is -3.06. The molecule has 0 saturated heterocycles. The molecule has 0 aromatic heterocycles. The zero-order chi connectivity index (χ0) is 24.2. The van der Waals surface area contributed by atoms with E-state index in [9.17, 15) is 14.7 Å². The number of hydrogen-bond donors (Lipinski definition) is 4. The van der Waals surface area contributed by atoms with Crippen LogP contribution in [0, 0.1) is 5.92 Å². The largest absolute Gasteiger partial charge is 0.508 e. The molecule has 0 saturated carbocycles. The zero-order valence-corrected chi connectivity index (χ0v) is 20.1. The van der Waals surface area contributed by atoms with E-state index in [0.717, 1.165) is 18.4 Å². The van der Waals surface area contributed by atoms with Crippen molar-refractivity contribution < 1.29 is 19.4 Å². The molecule has 0 bridgehead atoms. The van der Waals surface area contributed by atoms with Crippen molar-refractivity contribution >= 4 is 11.8 Å². The highest BCUT2D eigenvalue weighted by atomic mass is 16.5. The standard InChI is InChI=1S/C26H37N3O4/c1-5-6-14-27-25(31)22(15-19-10-8-7-9-11-19)29-26(32)24(18(2)3)28-17-20-16-21(33-4)12-13-23(20)30/h7-13,16,18,22,24,28,30H,5-6,14-15,17H2,1-4H3,(H,27,31)(H,29,32)/t22-,24-/m0/s1. The Morgan fingerprint density at radius 2 is 1.79 bits per heavy atom. The Morgan fingerprint density at radius 3 is 2.42 bits per heavy atom. The monoisotopic (exact) mass is 455 g/mol. The minimum atomic E-state index is -0.676. The van der Waals surface area contributed by atoms with Gasteiger partial charge in [-0.05, 0) is 36.1 Å². The van der Waals surface area contributed by atoms with Gasteiger partial charge in [-0.15, -0.1) is 0 Å². The van der Waals surface area contributed by atoms with Gasteiger partial charge in [-0.25, -0.2) is 0 Å². The first kappa shape index (κ1) is 26.2. The number of phenols is 1. The second-order valence-corrected chi connectivity index (χ2v) is 8.49. The lowest BCUT2D eigenvalue weighted by Crippen LogP contribution is -2.55. The molecule has 7 nitrogen and oxygen atoms in total. The molecule has 2 aromatic rings. The number of phenolic OH excluding ortho intramolecular Hbond substituents is 1. The first-order valence-electron chi connectivity index (χ1n) is 11.6. The first-order chi connectivity index (χ1) is 15.8. The molecule has 180 valence electrons. The maximum absolute atomic E-state index is 13.2. The summed E-state index contributed by atoms with van der Waals surface area (Å²) in [5.41, 5.74) is 1.61. The number of unbranched alkanes of at least 4 members (excludes halogenated alkanes) is 1. The second-order valence-electron chi connectivity index (χ2n) is 8.49. The maximum Gasteiger partial charge on any atom is 0.242 e. The lowest BCUT2D eigenvalue weighted by molar-refractivity contribution is -0.130. The van der Waals surface area contributed by atoms with E-state index < -0.39 is 12.1 Å². The predicted octanol–water partition coefficient (Wildman–Crippen LogP) is 3.16. The molecule has 2 amide bonds. The van der Waals surface area contributed by atoms with Gasteiger partial charge >= 0.3 is 0 Å². The smallest absolute Gasteiger partial charge is 0.242 e. The van der Waals surface area contributed by atoms with Gasteiger partial charge in [-0.3, -0.25) is 9.59 Å². The van der Waals surface area contributed by atoms with Gasteiger partial charge in [0.25, 0.3) is 0 Å². The predicted molar refractivity (Wildman–Crippen MR) is 130 cm³/mol. The molecule has 0 unspecified atom stereocenters. The van der Waals surface area contributed by atoms with E-state index in [4.69, 9.17) is 4.74 Å². The molecule has 2 aromatic carbocycles. The van der Waals surface area contributed by atoms with Crippen LogP contribution in [0.5, 0.6) is 11.5 Å². The summed E-state index contributed by atoms with van der Waals surface area (Å²) in [6, 6.07) is 13.4. The molecular weight excluding hydrogens is 418 g/mol. The molecule has 0 aliphatic carbocycles. The van der Waals surface area contributed by atoms with Crippen molar-refractivity contribution in [2.45, 2.75) is 58.7 Å². The zero-order valence-electron chi connectivity index (χ0n) is 20.1. The van der Waals surface area contributed by atoms with Crippen LogP contribution >= 0.6 is 0 Å². The van der Waals surface area contributed by atoms with Crippen LogP contribution in [0.2, 0.25) is 0 Å². The summed E-state index contributed by atoms with van der Waals surface area (Å²) >= 11 is 0. The molecule has 2 rings (SSSR count). The van der Waals surface area contributed by atoms with Gasteiger partial charge in [0.2, 0.25) is 11.8 Å². The third-order valence-corrected chi connectivity index (χ3v) is 5.49. The Kier molecular flexibility index (Phi) is 10.7. The normalized spacial score (nSPS) is 12.8. The SMILES string of the molecule is CCCCNC(=O)[C@H](Cc1ccccc1)NC(=O)[C@@H](NCc1cc(OC)ccc1O)C(C)C. The molecule has 0 fully saturated rings. The molecule has 4 N–H and O–H groups in total. The van der Waals surface area contributed by atoms with Gasteiger partial charge < -0.3 is 25.8 Å². The molecule has 7 heteroatoms. The van der Waals surface area contributed by atoms with Crippen LogP contribution in [0.15, 0.2) is 48.5 Å². The summed E-state index contributed by atoms with van der Waals surface area (Å²) in [6.45, 7) is 6.81. The minimum Gasteiger partial charge on any atom is -0.508 e. The summed E-state index contributed by atoms with van der Waals surface area (Å²) in [5.74, 6) is 0.288. The first-order valence-corrected chi connectivity index (χ1v) is 11.6. The average Bonchev–Trinajstić information content (AvgIpc) is 2.80. The highest BCUT2D eigenvalue weighted by Crippen LogP contribution is 2.23. The van der Waals surface area contributed by atoms with E-state index in [1.165, 1.54) is 0 Å². The quantitative estimate of drug-likeness (QED) is 0.348. The molecule has 0 radical (unpaired) electrons. The van der Waals surface area contributed by atoms with E-state index in [1.807, 2.05) is 44.2 Å². The Morgan fingerprint density at radius 1 is 1.06 bits per heavy atom. The van der Waals surface area contributed by atoms with Gasteiger partial charge in [0.1, 0.15) is 17.5 Å². The third-order valence-electron chi connectivity index (χ3n) is 5.49. The summed E-state index contributed by atoms with van der Waals surface area (Å²) in [4.78, 5) is 26.1. The van der Waals surface area contributed by atoms with Crippen molar-refractivity contribution in [3.05, 3.63) is 59.7 Å². The van der Waals surface area contributed by atoms with E-state index in [1.54, 1.807) is 25.3 Å². The summed E-state index contributed by atoms with van der Waals surface area (Å²) in [7, 11) is 1.56. The topological polar surface area (TPSA) is 99.7 Å². The van der Waals surface area contributed by atoms with Gasteiger partial charge in [0.15, 0.2) is 0 Å². The Balaban J connectivity index is 2.11.